The van der Waals surface area contributed by atoms with E-state index < -0.39 is 24.4 Å². The predicted molar refractivity (Wildman–Crippen MR) is 121 cm³/mol. The molecule has 0 spiro atoms. The van der Waals surface area contributed by atoms with Gasteiger partial charge in [0.05, 0.1) is 5.56 Å². The molecule has 170 valence electrons. The van der Waals surface area contributed by atoms with Crippen molar-refractivity contribution < 1.29 is 23.9 Å². The van der Waals surface area contributed by atoms with Crippen molar-refractivity contribution in [1.29, 1.82) is 0 Å². The largest absolute Gasteiger partial charge is 0.484 e. The van der Waals surface area contributed by atoms with Crippen LogP contribution >= 0.6 is 0 Å². The van der Waals surface area contributed by atoms with Gasteiger partial charge in [0.15, 0.2) is 13.2 Å². The van der Waals surface area contributed by atoms with E-state index >= 15 is 0 Å². The van der Waals surface area contributed by atoms with Crippen molar-refractivity contribution in [3.8, 4) is 5.75 Å². The standard InChI is InChI=1S/C23H28N4O5/c1-2-26-11-13-27(14-12-26)19-7-5-18(6-8-19)25-22(29)16-32-23(30)17-3-9-20(10-4-17)31-15-21(24)28/h3-10H,2,11-16H2,1H3,(H2,24,28)(H,25,29). The first kappa shape index (κ1) is 23.1. The Bertz CT molecular complexity index is 922. The molecule has 2 aromatic carbocycles. The minimum absolute atomic E-state index is 0.250. The van der Waals surface area contributed by atoms with Crippen molar-refractivity contribution in [3.63, 3.8) is 0 Å². The first-order valence-corrected chi connectivity index (χ1v) is 10.5. The maximum atomic E-state index is 12.1. The molecule has 1 saturated heterocycles. The second-order valence-electron chi connectivity index (χ2n) is 7.37. The normalized spacial score (nSPS) is 14.0. The number of ether oxygens (including phenoxy) is 2. The summed E-state index contributed by atoms with van der Waals surface area (Å²) >= 11 is 0. The first-order chi connectivity index (χ1) is 15.4. The predicted octanol–water partition coefficient (Wildman–Crippen LogP) is 1.49. The Morgan fingerprint density at radius 3 is 2.19 bits per heavy atom. The average molecular weight is 441 g/mol. The molecule has 0 bridgehead atoms. The fourth-order valence-electron chi connectivity index (χ4n) is 3.33. The molecular formula is C23H28N4O5. The highest BCUT2D eigenvalue weighted by Gasteiger charge is 2.16. The molecular weight excluding hydrogens is 412 g/mol. The maximum Gasteiger partial charge on any atom is 0.338 e. The second kappa shape index (κ2) is 11.1. The molecule has 32 heavy (non-hydrogen) atoms. The number of anilines is 2. The molecule has 3 N–H and O–H groups in total. The summed E-state index contributed by atoms with van der Waals surface area (Å²) in [7, 11) is 0. The summed E-state index contributed by atoms with van der Waals surface area (Å²) in [6, 6.07) is 13.6. The summed E-state index contributed by atoms with van der Waals surface area (Å²) in [6.07, 6.45) is 0. The van der Waals surface area contributed by atoms with Gasteiger partial charge in [0.25, 0.3) is 11.8 Å². The smallest absolute Gasteiger partial charge is 0.338 e. The van der Waals surface area contributed by atoms with Crippen LogP contribution in [0.5, 0.6) is 5.75 Å². The highest BCUT2D eigenvalue weighted by atomic mass is 16.5. The van der Waals surface area contributed by atoms with Crippen molar-refractivity contribution in [3.05, 3.63) is 54.1 Å². The number of amides is 2. The van der Waals surface area contributed by atoms with E-state index in [4.69, 9.17) is 15.2 Å². The van der Waals surface area contributed by atoms with Gasteiger partial charge in [-0.1, -0.05) is 6.92 Å². The van der Waals surface area contributed by atoms with Gasteiger partial charge >= 0.3 is 5.97 Å². The van der Waals surface area contributed by atoms with E-state index in [2.05, 4.69) is 22.0 Å². The van der Waals surface area contributed by atoms with E-state index in [0.717, 1.165) is 38.4 Å². The summed E-state index contributed by atoms with van der Waals surface area (Å²) in [5.41, 5.74) is 7.03. The van der Waals surface area contributed by atoms with Crippen LogP contribution < -0.4 is 20.7 Å². The number of hydrogen-bond donors (Lipinski definition) is 2. The van der Waals surface area contributed by atoms with E-state index in [9.17, 15) is 14.4 Å². The van der Waals surface area contributed by atoms with Gasteiger partial charge < -0.3 is 30.3 Å². The lowest BCUT2D eigenvalue weighted by atomic mass is 10.2. The van der Waals surface area contributed by atoms with Crippen LogP contribution in [0.4, 0.5) is 11.4 Å². The molecule has 1 aliphatic heterocycles. The summed E-state index contributed by atoms with van der Waals surface area (Å²) in [5.74, 6) is -1.26. The molecule has 0 atom stereocenters. The van der Waals surface area contributed by atoms with Gasteiger partial charge in [0.1, 0.15) is 5.75 Å². The first-order valence-electron chi connectivity index (χ1n) is 10.5. The van der Waals surface area contributed by atoms with E-state index in [1.165, 1.54) is 24.3 Å². The molecule has 0 saturated carbocycles. The number of rotatable bonds is 9. The molecule has 9 heteroatoms. The number of carbonyl (C=O) groups is 3. The fourth-order valence-corrected chi connectivity index (χ4v) is 3.33. The summed E-state index contributed by atoms with van der Waals surface area (Å²) in [6.45, 7) is 6.64. The highest BCUT2D eigenvalue weighted by molar-refractivity contribution is 5.95. The molecule has 1 aliphatic rings. The second-order valence-corrected chi connectivity index (χ2v) is 7.37. The minimum atomic E-state index is -0.636. The third kappa shape index (κ3) is 6.71. The Morgan fingerprint density at radius 1 is 0.938 bits per heavy atom. The number of primary amides is 1. The summed E-state index contributed by atoms with van der Waals surface area (Å²) in [4.78, 5) is 39.7. The monoisotopic (exact) mass is 440 g/mol. The molecule has 0 aromatic heterocycles. The van der Waals surface area contributed by atoms with Gasteiger partial charge in [-0.2, -0.15) is 0 Å². The third-order valence-electron chi connectivity index (χ3n) is 5.14. The van der Waals surface area contributed by atoms with Gasteiger partial charge in [-0.25, -0.2) is 4.79 Å². The van der Waals surface area contributed by atoms with Crippen molar-refractivity contribution in [2.24, 2.45) is 5.73 Å². The number of nitrogens with two attached hydrogens (primary N) is 1. The molecule has 3 rings (SSSR count). The Balaban J connectivity index is 1.43. The molecule has 2 amide bonds. The Labute approximate surface area is 187 Å². The van der Waals surface area contributed by atoms with Crippen LogP contribution in [0.3, 0.4) is 0 Å². The van der Waals surface area contributed by atoms with Gasteiger partial charge in [-0.05, 0) is 55.1 Å². The zero-order chi connectivity index (χ0) is 22.9. The maximum absolute atomic E-state index is 12.1. The summed E-state index contributed by atoms with van der Waals surface area (Å²) < 4.78 is 10.2. The average Bonchev–Trinajstić information content (AvgIpc) is 2.82. The molecule has 1 heterocycles. The van der Waals surface area contributed by atoms with E-state index in [-0.39, 0.29) is 12.2 Å². The molecule has 0 aliphatic carbocycles. The number of nitrogens with zero attached hydrogens (tertiary/aromatic N) is 2. The Morgan fingerprint density at radius 2 is 1.59 bits per heavy atom. The van der Waals surface area contributed by atoms with Crippen LogP contribution in [0.1, 0.15) is 17.3 Å². The van der Waals surface area contributed by atoms with E-state index in [1.807, 2.05) is 24.3 Å². The van der Waals surface area contributed by atoms with E-state index in [0.29, 0.717) is 11.4 Å². The lowest BCUT2D eigenvalue weighted by molar-refractivity contribution is -0.120. The lowest BCUT2D eigenvalue weighted by Gasteiger charge is -2.35. The van der Waals surface area contributed by atoms with Crippen molar-refractivity contribution in [2.75, 3.05) is 56.2 Å². The van der Waals surface area contributed by atoms with Gasteiger partial charge in [0.2, 0.25) is 0 Å². The molecule has 0 radical (unpaired) electrons. The zero-order valence-corrected chi connectivity index (χ0v) is 18.1. The number of benzene rings is 2. The van der Waals surface area contributed by atoms with Crippen LogP contribution in [0.25, 0.3) is 0 Å². The van der Waals surface area contributed by atoms with Crippen molar-refractivity contribution in [1.82, 2.24) is 4.90 Å². The number of likely N-dealkylation sites (N-methyl/N-ethyl adjacent to an activating group) is 1. The third-order valence-corrected chi connectivity index (χ3v) is 5.14. The molecule has 9 nitrogen and oxygen atoms in total. The number of piperazine rings is 1. The SMILES string of the molecule is CCN1CCN(c2ccc(NC(=O)COC(=O)c3ccc(OCC(N)=O)cc3)cc2)CC1. The summed E-state index contributed by atoms with van der Waals surface area (Å²) in [5, 5.41) is 2.72. The van der Waals surface area contributed by atoms with E-state index in [1.54, 1.807) is 0 Å². The van der Waals surface area contributed by atoms with Crippen LogP contribution in [-0.4, -0.2) is 68.6 Å². The fraction of sp³-hybridized carbons (Fsp3) is 0.348. The topological polar surface area (TPSA) is 114 Å². The number of hydrogen-bond acceptors (Lipinski definition) is 7. The molecule has 1 fully saturated rings. The van der Waals surface area contributed by atoms with Crippen molar-refractivity contribution >= 4 is 29.2 Å². The van der Waals surface area contributed by atoms with Crippen LogP contribution in [-0.2, 0) is 14.3 Å². The van der Waals surface area contributed by atoms with Gasteiger partial charge in [-0.3, -0.25) is 9.59 Å². The Kier molecular flexibility index (Phi) is 8.04. The van der Waals surface area contributed by atoms with Crippen LogP contribution in [0, 0.1) is 0 Å². The zero-order valence-electron chi connectivity index (χ0n) is 18.1. The quantitative estimate of drug-likeness (QED) is 0.568. The van der Waals surface area contributed by atoms with Gasteiger partial charge in [-0.15, -0.1) is 0 Å². The molecule has 2 aromatic rings. The van der Waals surface area contributed by atoms with Crippen molar-refractivity contribution in [2.45, 2.75) is 6.92 Å². The highest BCUT2D eigenvalue weighted by Crippen LogP contribution is 2.19. The van der Waals surface area contributed by atoms with Gasteiger partial charge in [0, 0.05) is 37.6 Å². The van der Waals surface area contributed by atoms with Crippen LogP contribution in [0.15, 0.2) is 48.5 Å². The Hall–Kier alpha value is -3.59. The molecule has 0 unspecified atom stereocenters. The lowest BCUT2D eigenvalue weighted by Crippen LogP contribution is -2.46. The van der Waals surface area contributed by atoms with Crippen LogP contribution in [0.2, 0.25) is 0 Å². The minimum Gasteiger partial charge on any atom is -0.484 e. The number of nitrogens with one attached hydrogen (secondary N) is 1. The number of esters is 1. The number of carbonyl (C=O) groups excluding carboxylic acids is 3.